The highest BCUT2D eigenvalue weighted by atomic mass is 35.5. The predicted molar refractivity (Wildman–Crippen MR) is 112 cm³/mol. The van der Waals surface area contributed by atoms with E-state index >= 15 is 0 Å². The molecule has 1 unspecified atom stereocenters. The van der Waals surface area contributed by atoms with Gasteiger partial charge < -0.3 is 15.3 Å². The van der Waals surface area contributed by atoms with Crippen LogP contribution in [-0.2, 0) is 6.54 Å². The molecule has 2 N–H and O–H groups in total. The molecule has 0 aliphatic carbocycles. The lowest BCUT2D eigenvalue weighted by Gasteiger charge is -2.36. The standard InChI is InChI=1S/C20H25ClN4O3/c21-13-18(26)14-22-19-12-17(6-7-20(19)25(27)28)24-10-8-23(9-11-24)15-16-4-2-1-3-5-16/h1-7,12,18,22,26H,8-11,13-15H2. The number of aliphatic hydroxyl groups is 1. The fourth-order valence-corrected chi connectivity index (χ4v) is 3.42. The molecule has 1 fully saturated rings. The molecule has 0 saturated carbocycles. The van der Waals surface area contributed by atoms with Crippen LogP contribution in [0.3, 0.4) is 0 Å². The van der Waals surface area contributed by atoms with Crippen LogP contribution in [-0.4, -0.2) is 59.6 Å². The van der Waals surface area contributed by atoms with Gasteiger partial charge in [-0.1, -0.05) is 30.3 Å². The fraction of sp³-hybridized carbons (Fsp3) is 0.400. The highest BCUT2D eigenvalue weighted by Gasteiger charge is 2.21. The number of hydrogen-bond donors (Lipinski definition) is 2. The monoisotopic (exact) mass is 404 g/mol. The number of piperazine rings is 1. The third kappa shape index (κ3) is 5.34. The minimum atomic E-state index is -0.758. The zero-order chi connectivity index (χ0) is 19.9. The van der Waals surface area contributed by atoms with Crippen LogP contribution >= 0.6 is 11.6 Å². The number of nitrogens with zero attached hydrogens (tertiary/aromatic N) is 3. The topological polar surface area (TPSA) is 81.9 Å². The van der Waals surface area contributed by atoms with Gasteiger partial charge in [-0.25, -0.2) is 0 Å². The second kappa shape index (κ2) is 9.73. The van der Waals surface area contributed by atoms with Crippen molar-refractivity contribution in [3.8, 4) is 0 Å². The van der Waals surface area contributed by atoms with Crippen molar-refractivity contribution in [2.75, 3.05) is 48.8 Å². The maximum atomic E-state index is 11.3. The van der Waals surface area contributed by atoms with E-state index in [0.717, 1.165) is 38.4 Å². The SMILES string of the molecule is O=[N+]([O-])c1ccc(N2CCN(Cc3ccccc3)CC2)cc1NCC(O)CCl. The highest BCUT2D eigenvalue weighted by Crippen LogP contribution is 2.30. The second-order valence-corrected chi connectivity index (χ2v) is 7.20. The molecule has 0 amide bonds. The van der Waals surface area contributed by atoms with Crippen LogP contribution in [0, 0.1) is 10.1 Å². The molecule has 1 atom stereocenters. The van der Waals surface area contributed by atoms with E-state index in [-0.39, 0.29) is 18.1 Å². The summed E-state index contributed by atoms with van der Waals surface area (Å²) in [6, 6.07) is 15.5. The largest absolute Gasteiger partial charge is 0.390 e. The van der Waals surface area contributed by atoms with Crippen molar-refractivity contribution in [3.05, 3.63) is 64.2 Å². The molecule has 1 aliphatic rings. The number of nitro benzene ring substituents is 1. The summed E-state index contributed by atoms with van der Waals surface area (Å²) in [6.45, 7) is 4.67. The van der Waals surface area contributed by atoms with Crippen molar-refractivity contribution in [2.45, 2.75) is 12.6 Å². The van der Waals surface area contributed by atoms with Crippen LogP contribution in [0.2, 0.25) is 0 Å². The summed E-state index contributed by atoms with van der Waals surface area (Å²) in [7, 11) is 0. The quantitative estimate of drug-likeness (QED) is 0.400. The van der Waals surface area contributed by atoms with Gasteiger partial charge in [-0.05, 0) is 17.7 Å². The van der Waals surface area contributed by atoms with Gasteiger partial charge in [0.25, 0.3) is 5.69 Å². The number of benzene rings is 2. The minimum Gasteiger partial charge on any atom is -0.390 e. The lowest BCUT2D eigenvalue weighted by Crippen LogP contribution is -2.46. The average Bonchev–Trinajstić information content (AvgIpc) is 2.73. The Bertz CT molecular complexity index is 782. The number of aliphatic hydroxyl groups excluding tert-OH is 1. The Labute approximate surface area is 169 Å². The summed E-state index contributed by atoms with van der Waals surface area (Å²) in [5.41, 5.74) is 2.63. The normalized spacial score (nSPS) is 16.0. The maximum Gasteiger partial charge on any atom is 0.292 e. The third-order valence-electron chi connectivity index (χ3n) is 4.87. The molecule has 3 rings (SSSR count). The summed E-state index contributed by atoms with van der Waals surface area (Å²) in [6.07, 6.45) is -0.758. The van der Waals surface area contributed by atoms with Crippen molar-refractivity contribution in [2.24, 2.45) is 0 Å². The molecular formula is C20H25ClN4O3. The van der Waals surface area contributed by atoms with Crippen LogP contribution in [0.15, 0.2) is 48.5 Å². The molecule has 1 heterocycles. The first-order chi connectivity index (χ1) is 13.6. The van der Waals surface area contributed by atoms with Gasteiger partial charge in [-0.2, -0.15) is 0 Å². The van der Waals surface area contributed by atoms with Gasteiger partial charge in [-0.15, -0.1) is 11.6 Å². The molecule has 2 aromatic rings. The maximum absolute atomic E-state index is 11.3. The number of alkyl halides is 1. The van der Waals surface area contributed by atoms with E-state index in [1.165, 1.54) is 11.6 Å². The number of halogens is 1. The molecular weight excluding hydrogens is 380 g/mol. The first-order valence-corrected chi connectivity index (χ1v) is 9.88. The molecule has 8 heteroatoms. The molecule has 1 saturated heterocycles. The van der Waals surface area contributed by atoms with E-state index in [2.05, 4.69) is 39.4 Å². The number of rotatable bonds is 8. The molecule has 1 aliphatic heterocycles. The van der Waals surface area contributed by atoms with Crippen LogP contribution in [0.25, 0.3) is 0 Å². The van der Waals surface area contributed by atoms with Crippen molar-refractivity contribution in [3.63, 3.8) is 0 Å². The second-order valence-electron chi connectivity index (χ2n) is 6.90. The summed E-state index contributed by atoms with van der Waals surface area (Å²) in [5.74, 6) is 0.0733. The average molecular weight is 405 g/mol. The molecule has 0 radical (unpaired) electrons. The van der Waals surface area contributed by atoms with E-state index in [9.17, 15) is 15.2 Å². The van der Waals surface area contributed by atoms with Crippen molar-refractivity contribution in [1.29, 1.82) is 0 Å². The molecule has 28 heavy (non-hydrogen) atoms. The number of nitro groups is 1. The Morgan fingerprint density at radius 3 is 2.50 bits per heavy atom. The van der Waals surface area contributed by atoms with Crippen molar-refractivity contribution in [1.82, 2.24) is 4.90 Å². The van der Waals surface area contributed by atoms with Crippen molar-refractivity contribution >= 4 is 28.7 Å². The van der Waals surface area contributed by atoms with Gasteiger partial charge in [0, 0.05) is 51.0 Å². The van der Waals surface area contributed by atoms with Crippen LogP contribution in [0.4, 0.5) is 17.1 Å². The highest BCUT2D eigenvalue weighted by molar-refractivity contribution is 6.18. The lowest BCUT2D eigenvalue weighted by molar-refractivity contribution is -0.383. The first kappa shape index (κ1) is 20.4. The molecule has 0 aromatic heterocycles. The summed E-state index contributed by atoms with van der Waals surface area (Å²) in [5, 5.41) is 23.9. The van der Waals surface area contributed by atoms with Crippen LogP contribution < -0.4 is 10.2 Å². The van der Waals surface area contributed by atoms with Gasteiger partial charge >= 0.3 is 0 Å². The van der Waals surface area contributed by atoms with Crippen LogP contribution in [0.1, 0.15) is 5.56 Å². The van der Waals surface area contributed by atoms with Gasteiger partial charge in [0.2, 0.25) is 0 Å². The number of hydrogen-bond acceptors (Lipinski definition) is 6. The van der Waals surface area contributed by atoms with Gasteiger partial charge in [0.05, 0.1) is 16.9 Å². The molecule has 150 valence electrons. The number of anilines is 2. The van der Waals surface area contributed by atoms with Crippen LogP contribution in [0.5, 0.6) is 0 Å². The zero-order valence-electron chi connectivity index (χ0n) is 15.6. The molecule has 2 aromatic carbocycles. The summed E-state index contributed by atoms with van der Waals surface area (Å²) >= 11 is 5.61. The molecule has 0 bridgehead atoms. The fourth-order valence-electron chi connectivity index (χ4n) is 3.31. The Morgan fingerprint density at radius 2 is 1.86 bits per heavy atom. The van der Waals surface area contributed by atoms with Gasteiger partial charge in [-0.3, -0.25) is 15.0 Å². The zero-order valence-corrected chi connectivity index (χ0v) is 16.4. The Balaban J connectivity index is 1.64. The Kier molecular flexibility index (Phi) is 7.08. The Hall–Kier alpha value is -2.35. The molecule has 0 spiro atoms. The number of nitrogens with one attached hydrogen (secondary N) is 1. The van der Waals surface area contributed by atoms with E-state index in [1.807, 2.05) is 6.07 Å². The predicted octanol–water partition coefficient (Wildman–Crippen LogP) is 2.93. The summed E-state index contributed by atoms with van der Waals surface area (Å²) < 4.78 is 0. The lowest BCUT2D eigenvalue weighted by atomic mass is 10.1. The van der Waals surface area contributed by atoms with E-state index in [4.69, 9.17) is 11.6 Å². The van der Waals surface area contributed by atoms with E-state index in [0.29, 0.717) is 5.69 Å². The van der Waals surface area contributed by atoms with Gasteiger partial charge in [0.15, 0.2) is 0 Å². The Morgan fingerprint density at radius 1 is 1.14 bits per heavy atom. The van der Waals surface area contributed by atoms with E-state index < -0.39 is 11.0 Å². The minimum absolute atomic E-state index is 0.00626. The molecule has 7 nitrogen and oxygen atoms in total. The van der Waals surface area contributed by atoms with Crippen molar-refractivity contribution < 1.29 is 10.0 Å². The van der Waals surface area contributed by atoms with E-state index in [1.54, 1.807) is 12.1 Å². The smallest absolute Gasteiger partial charge is 0.292 e. The third-order valence-corrected chi connectivity index (χ3v) is 5.23. The van der Waals surface area contributed by atoms with Gasteiger partial charge in [0.1, 0.15) is 5.69 Å². The first-order valence-electron chi connectivity index (χ1n) is 9.34. The summed E-state index contributed by atoms with van der Waals surface area (Å²) in [4.78, 5) is 15.5.